The maximum absolute atomic E-state index is 12.3. The average Bonchev–Trinajstić information content (AvgIpc) is 2.77. The van der Waals surface area contributed by atoms with Gasteiger partial charge in [-0.2, -0.15) is 0 Å². The molecule has 0 aromatic heterocycles. The summed E-state index contributed by atoms with van der Waals surface area (Å²) in [4.78, 5) is 14.3. The molecule has 1 aliphatic heterocycles. The Morgan fingerprint density at radius 2 is 2.38 bits per heavy atom. The lowest BCUT2D eigenvalue weighted by molar-refractivity contribution is -0.136. The fourth-order valence-electron chi connectivity index (χ4n) is 2.85. The first kappa shape index (κ1) is 11.6. The summed E-state index contributed by atoms with van der Waals surface area (Å²) in [6.45, 7) is 4.51. The van der Waals surface area contributed by atoms with Gasteiger partial charge >= 0.3 is 0 Å². The minimum Gasteiger partial charge on any atom is -0.338 e. The highest BCUT2D eigenvalue weighted by Gasteiger charge is 2.34. The molecular weight excluding hydrogens is 200 g/mol. The normalized spacial score (nSPS) is 30.4. The van der Waals surface area contributed by atoms with Gasteiger partial charge in [-0.25, -0.2) is 0 Å². The number of carbonyl (C=O) groups is 1. The minimum absolute atomic E-state index is 0.205. The number of carbonyl (C=O) groups excluding carboxylic acids is 1. The standard InChI is InChI=1S/C13H22N2O/c1-10-5-7-15(8-6-10)13(16)12-4-2-3-11(12)9-14/h5,11-12H,2-4,6-9,14H2,1H3. The molecule has 1 heterocycles. The van der Waals surface area contributed by atoms with Crippen molar-refractivity contribution in [3.05, 3.63) is 11.6 Å². The van der Waals surface area contributed by atoms with Crippen LogP contribution in [0.15, 0.2) is 11.6 Å². The van der Waals surface area contributed by atoms with E-state index in [0.717, 1.165) is 32.4 Å². The van der Waals surface area contributed by atoms with Gasteiger partial charge in [-0.15, -0.1) is 0 Å². The predicted octanol–water partition coefficient (Wildman–Crippen LogP) is 1.54. The Balaban J connectivity index is 1.97. The first-order valence-electron chi connectivity index (χ1n) is 6.37. The largest absolute Gasteiger partial charge is 0.338 e. The molecule has 0 aromatic rings. The van der Waals surface area contributed by atoms with Gasteiger partial charge in [0.25, 0.3) is 0 Å². The monoisotopic (exact) mass is 222 g/mol. The summed E-state index contributed by atoms with van der Waals surface area (Å²) in [5.41, 5.74) is 7.14. The molecule has 0 radical (unpaired) electrons. The number of rotatable bonds is 2. The van der Waals surface area contributed by atoms with E-state index < -0.39 is 0 Å². The summed E-state index contributed by atoms with van der Waals surface area (Å²) in [7, 11) is 0. The summed E-state index contributed by atoms with van der Waals surface area (Å²) in [6.07, 6.45) is 6.55. The van der Waals surface area contributed by atoms with Crippen LogP contribution in [0.3, 0.4) is 0 Å². The number of nitrogens with two attached hydrogens (primary N) is 1. The first-order chi connectivity index (χ1) is 7.72. The van der Waals surface area contributed by atoms with Gasteiger partial charge in [0.1, 0.15) is 0 Å². The molecule has 1 aliphatic carbocycles. The van der Waals surface area contributed by atoms with Crippen LogP contribution >= 0.6 is 0 Å². The van der Waals surface area contributed by atoms with Crippen molar-refractivity contribution in [1.82, 2.24) is 4.90 Å². The number of hydrogen-bond acceptors (Lipinski definition) is 2. The highest BCUT2D eigenvalue weighted by atomic mass is 16.2. The minimum atomic E-state index is 0.205. The third-order valence-corrected chi connectivity index (χ3v) is 4.03. The Kier molecular flexibility index (Phi) is 3.64. The van der Waals surface area contributed by atoms with Crippen LogP contribution in [0.5, 0.6) is 0 Å². The van der Waals surface area contributed by atoms with Crippen LogP contribution in [0.4, 0.5) is 0 Å². The van der Waals surface area contributed by atoms with E-state index in [0.29, 0.717) is 18.4 Å². The third-order valence-electron chi connectivity index (χ3n) is 4.03. The topological polar surface area (TPSA) is 46.3 Å². The van der Waals surface area contributed by atoms with Gasteiger partial charge in [-0.1, -0.05) is 18.1 Å². The van der Waals surface area contributed by atoms with E-state index in [4.69, 9.17) is 5.73 Å². The van der Waals surface area contributed by atoms with Crippen molar-refractivity contribution >= 4 is 5.91 Å². The van der Waals surface area contributed by atoms with Gasteiger partial charge in [0.05, 0.1) is 0 Å². The molecule has 0 bridgehead atoms. The molecule has 3 nitrogen and oxygen atoms in total. The molecule has 1 fully saturated rings. The molecule has 1 saturated carbocycles. The van der Waals surface area contributed by atoms with Gasteiger partial charge in [0.15, 0.2) is 0 Å². The van der Waals surface area contributed by atoms with Gasteiger partial charge in [0.2, 0.25) is 5.91 Å². The van der Waals surface area contributed by atoms with Crippen LogP contribution in [-0.2, 0) is 4.79 Å². The van der Waals surface area contributed by atoms with E-state index in [1.54, 1.807) is 0 Å². The highest BCUT2D eigenvalue weighted by molar-refractivity contribution is 5.79. The molecule has 2 unspecified atom stereocenters. The smallest absolute Gasteiger partial charge is 0.226 e. The third kappa shape index (κ3) is 2.29. The van der Waals surface area contributed by atoms with Crippen molar-refractivity contribution in [2.45, 2.75) is 32.6 Å². The molecule has 0 spiro atoms. The van der Waals surface area contributed by atoms with Crippen molar-refractivity contribution in [3.8, 4) is 0 Å². The van der Waals surface area contributed by atoms with Gasteiger partial charge in [-0.05, 0) is 38.6 Å². The SMILES string of the molecule is CC1=CCN(C(=O)C2CCCC2CN)CC1. The van der Waals surface area contributed by atoms with Gasteiger partial charge in [-0.3, -0.25) is 4.79 Å². The number of hydrogen-bond donors (Lipinski definition) is 1. The zero-order valence-electron chi connectivity index (χ0n) is 10.1. The lowest BCUT2D eigenvalue weighted by Gasteiger charge is -2.30. The van der Waals surface area contributed by atoms with E-state index in [1.807, 2.05) is 4.90 Å². The summed E-state index contributed by atoms with van der Waals surface area (Å²) >= 11 is 0. The lowest BCUT2D eigenvalue weighted by Crippen LogP contribution is -2.41. The maximum Gasteiger partial charge on any atom is 0.226 e. The van der Waals surface area contributed by atoms with E-state index >= 15 is 0 Å². The summed E-state index contributed by atoms with van der Waals surface area (Å²) < 4.78 is 0. The summed E-state index contributed by atoms with van der Waals surface area (Å²) in [5.74, 6) is 0.980. The Morgan fingerprint density at radius 1 is 1.56 bits per heavy atom. The highest BCUT2D eigenvalue weighted by Crippen LogP contribution is 2.32. The second-order valence-corrected chi connectivity index (χ2v) is 5.12. The molecule has 2 N–H and O–H groups in total. The molecule has 0 saturated heterocycles. The van der Waals surface area contributed by atoms with Crippen LogP contribution < -0.4 is 5.73 Å². The van der Waals surface area contributed by atoms with Crippen molar-refractivity contribution in [3.63, 3.8) is 0 Å². The van der Waals surface area contributed by atoms with Crippen molar-refractivity contribution in [1.29, 1.82) is 0 Å². The second kappa shape index (κ2) is 5.00. The zero-order chi connectivity index (χ0) is 11.5. The molecule has 2 rings (SSSR count). The van der Waals surface area contributed by atoms with Gasteiger partial charge < -0.3 is 10.6 Å². The Labute approximate surface area is 97.7 Å². The molecule has 90 valence electrons. The zero-order valence-corrected chi connectivity index (χ0v) is 10.1. The predicted molar refractivity (Wildman–Crippen MR) is 64.8 cm³/mol. The van der Waals surface area contributed by atoms with Crippen LogP contribution in [0.25, 0.3) is 0 Å². The molecule has 2 aliphatic rings. The Bertz CT molecular complexity index is 298. The van der Waals surface area contributed by atoms with Crippen LogP contribution in [0, 0.1) is 11.8 Å². The first-order valence-corrected chi connectivity index (χ1v) is 6.37. The lowest BCUT2D eigenvalue weighted by atomic mass is 9.94. The summed E-state index contributed by atoms with van der Waals surface area (Å²) in [6, 6.07) is 0. The Hall–Kier alpha value is -0.830. The number of amides is 1. The fraction of sp³-hybridized carbons (Fsp3) is 0.769. The van der Waals surface area contributed by atoms with Crippen molar-refractivity contribution in [2.75, 3.05) is 19.6 Å². The maximum atomic E-state index is 12.3. The molecule has 16 heavy (non-hydrogen) atoms. The van der Waals surface area contributed by atoms with Crippen LogP contribution in [0.2, 0.25) is 0 Å². The number of nitrogens with zero attached hydrogens (tertiary/aromatic N) is 1. The van der Waals surface area contributed by atoms with Crippen LogP contribution in [0.1, 0.15) is 32.6 Å². The van der Waals surface area contributed by atoms with Crippen LogP contribution in [-0.4, -0.2) is 30.4 Å². The molecule has 1 amide bonds. The average molecular weight is 222 g/mol. The fourth-order valence-corrected chi connectivity index (χ4v) is 2.85. The Morgan fingerprint density at radius 3 is 3.00 bits per heavy atom. The quantitative estimate of drug-likeness (QED) is 0.720. The van der Waals surface area contributed by atoms with Crippen molar-refractivity contribution in [2.24, 2.45) is 17.6 Å². The molecule has 2 atom stereocenters. The van der Waals surface area contributed by atoms with E-state index in [-0.39, 0.29) is 5.92 Å². The summed E-state index contributed by atoms with van der Waals surface area (Å²) in [5, 5.41) is 0. The van der Waals surface area contributed by atoms with E-state index in [9.17, 15) is 4.79 Å². The van der Waals surface area contributed by atoms with Gasteiger partial charge in [0, 0.05) is 19.0 Å². The molecule has 0 aromatic carbocycles. The molecular formula is C13H22N2O. The molecule has 3 heteroatoms. The van der Waals surface area contributed by atoms with Crippen molar-refractivity contribution < 1.29 is 4.79 Å². The van der Waals surface area contributed by atoms with E-state index in [1.165, 1.54) is 12.0 Å². The van der Waals surface area contributed by atoms with E-state index in [2.05, 4.69) is 13.0 Å². The second-order valence-electron chi connectivity index (χ2n) is 5.12.